The summed E-state index contributed by atoms with van der Waals surface area (Å²) in [4.78, 5) is 23.1. The van der Waals surface area contributed by atoms with Crippen LogP contribution in [0.1, 0.15) is 31.1 Å². The molecule has 1 rings (SSSR count). The first kappa shape index (κ1) is 14.9. The number of rotatable bonds is 4. The van der Waals surface area contributed by atoms with Crippen molar-refractivity contribution in [2.24, 2.45) is 5.41 Å². The lowest BCUT2D eigenvalue weighted by atomic mass is 9.95. The molecule has 0 radical (unpaired) electrons. The molecule has 0 saturated heterocycles. The Bertz CT molecular complexity index is 506. The number of aromatic carboxylic acids is 1. The summed E-state index contributed by atoms with van der Waals surface area (Å²) in [6.07, 6.45) is 0. The first-order chi connectivity index (χ1) is 8.61. The smallest absolute Gasteiger partial charge is 0.338 e. The highest BCUT2D eigenvalue weighted by Gasteiger charge is 2.21. The van der Waals surface area contributed by atoms with Crippen molar-refractivity contribution in [1.82, 2.24) is 0 Å². The number of carbonyl (C=O) groups is 1. The SMILES string of the molecule is CN(CC(C)(C)C)c1ccc([N+](=O)[O-])cc1C(=O)O. The van der Waals surface area contributed by atoms with Crippen molar-refractivity contribution in [3.8, 4) is 0 Å². The van der Waals surface area contributed by atoms with Gasteiger partial charge in [-0.2, -0.15) is 0 Å². The Morgan fingerprint density at radius 2 is 2.00 bits per heavy atom. The zero-order valence-electron chi connectivity index (χ0n) is 11.5. The van der Waals surface area contributed by atoms with Crippen molar-refractivity contribution in [2.45, 2.75) is 20.8 Å². The number of carboxylic acid groups (broad SMARTS) is 1. The largest absolute Gasteiger partial charge is 0.478 e. The summed E-state index contributed by atoms with van der Waals surface area (Å²) >= 11 is 0. The van der Waals surface area contributed by atoms with E-state index in [2.05, 4.69) is 0 Å². The lowest BCUT2D eigenvalue weighted by Gasteiger charge is -2.29. The van der Waals surface area contributed by atoms with E-state index in [0.29, 0.717) is 12.2 Å². The molecule has 6 nitrogen and oxygen atoms in total. The predicted octanol–water partition coefficient (Wildman–Crippen LogP) is 2.78. The molecule has 19 heavy (non-hydrogen) atoms. The molecule has 104 valence electrons. The molecule has 6 heteroatoms. The van der Waals surface area contributed by atoms with Gasteiger partial charge in [0.2, 0.25) is 0 Å². The molecule has 0 aliphatic rings. The minimum absolute atomic E-state index is 0.00764. The van der Waals surface area contributed by atoms with Gasteiger partial charge in [-0.15, -0.1) is 0 Å². The van der Waals surface area contributed by atoms with Crippen LogP contribution in [0.15, 0.2) is 18.2 Å². The van der Waals surface area contributed by atoms with E-state index in [1.54, 1.807) is 11.9 Å². The van der Waals surface area contributed by atoms with Crippen molar-refractivity contribution in [3.05, 3.63) is 33.9 Å². The van der Waals surface area contributed by atoms with Crippen LogP contribution in [-0.4, -0.2) is 29.6 Å². The first-order valence-corrected chi connectivity index (χ1v) is 5.85. The van der Waals surface area contributed by atoms with Gasteiger partial charge in [0.15, 0.2) is 0 Å². The minimum Gasteiger partial charge on any atom is -0.478 e. The maximum Gasteiger partial charge on any atom is 0.338 e. The second-order valence-electron chi connectivity index (χ2n) is 5.68. The third-order valence-electron chi connectivity index (χ3n) is 2.54. The molecule has 0 aromatic heterocycles. The van der Waals surface area contributed by atoms with Crippen LogP contribution in [-0.2, 0) is 0 Å². The highest BCUT2D eigenvalue weighted by molar-refractivity contribution is 5.95. The molecule has 0 amide bonds. The summed E-state index contributed by atoms with van der Waals surface area (Å²) < 4.78 is 0. The number of anilines is 1. The van der Waals surface area contributed by atoms with Crippen LogP contribution >= 0.6 is 0 Å². The number of non-ortho nitro benzene ring substituents is 1. The Balaban J connectivity index is 3.20. The number of carboxylic acids is 1. The van der Waals surface area contributed by atoms with E-state index in [-0.39, 0.29) is 16.7 Å². The molecule has 0 bridgehead atoms. The van der Waals surface area contributed by atoms with Crippen molar-refractivity contribution in [2.75, 3.05) is 18.5 Å². The highest BCUT2D eigenvalue weighted by atomic mass is 16.6. The normalized spacial score (nSPS) is 11.2. The Morgan fingerprint density at radius 1 is 1.42 bits per heavy atom. The van der Waals surface area contributed by atoms with Crippen molar-refractivity contribution in [1.29, 1.82) is 0 Å². The number of hydrogen-bond donors (Lipinski definition) is 1. The quantitative estimate of drug-likeness (QED) is 0.669. The maximum atomic E-state index is 11.2. The first-order valence-electron chi connectivity index (χ1n) is 5.85. The molecule has 1 aromatic rings. The molecular weight excluding hydrogens is 248 g/mol. The summed E-state index contributed by atoms with van der Waals surface area (Å²) in [5, 5.41) is 19.9. The van der Waals surface area contributed by atoms with Crippen LogP contribution in [0.2, 0.25) is 0 Å². The third kappa shape index (κ3) is 3.94. The summed E-state index contributed by atoms with van der Waals surface area (Å²) in [6.45, 7) is 6.76. The van der Waals surface area contributed by atoms with Crippen molar-refractivity contribution >= 4 is 17.3 Å². The zero-order chi connectivity index (χ0) is 14.8. The van der Waals surface area contributed by atoms with E-state index in [1.807, 2.05) is 20.8 Å². The van der Waals surface area contributed by atoms with Crippen LogP contribution in [0.5, 0.6) is 0 Å². The van der Waals surface area contributed by atoms with Gasteiger partial charge < -0.3 is 10.0 Å². The van der Waals surface area contributed by atoms with Crippen molar-refractivity contribution < 1.29 is 14.8 Å². The maximum absolute atomic E-state index is 11.2. The molecule has 0 aliphatic heterocycles. The van der Waals surface area contributed by atoms with Gasteiger partial charge in [-0.25, -0.2) is 4.79 Å². The van der Waals surface area contributed by atoms with Gasteiger partial charge in [-0.1, -0.05) is 20.8 Å². The number of benzene rings is 1. The number of nitro benzene ring substituents is 1. The number of hydrogen-bond acceptors (Lipinski definition) is 4. The summed E-state index contributed by atoms with van der Waals surface area (Å²) in [6, 6.07) is 3.89. The van der Waals surface area contributed by atoms with Gasteiger partial charge in [0, 0.05) is 25.7 Å². The van der Waals surface area contributed by atoms with E-state index in [9.17, 15) is 14.9 Å². The fraction of sp³-hybridized carbons (Fsp3) is 0.462. The van der Waals surface area contributed by atoms with E-state index < -0.39 is 10.9 Å². The zero-order valence-corrected chi connectivity index (χ0v) is 11.5. The van der Waals surface area contributed by atoms with Gasteiger partial charge in [0.1, 0.15) is 0 Å². The third-order valence-corrected chi connectivity index (χ3v) is 2.54. The topological polar surface area (TPSA) is 83.7 Å². The van der Waals surface area contributed by atoms with Crippen molar-refractivity contribution in [3.63, 3.8) is 0 Å². The Hall–Kier alpha value is -2.11. The molecule has 0 spiro atoms. The van der Waals surface area contributed by atoms with E-state index in [1.165, 1.54) is 12.1 Å². The molecular formula is C13H18N2O4. The molecule has 0 saturated carbocycles. The molecule has 0 heterocycles. The summed E-state index contributed by atoms with van der Waals surface area (Å²) in [7, 11) is 1.78. The number of nitrogens with zero attached hydrogens (tertiary/aromatic N) is 2. The average Bonchev–Trinajstić information content (AvgIpc) is 2.25. The average molecular weight is 266 g/mol. The summed E-state index contributed by atoms with van der Waals surface area (Å²) in [5.74, 6) is -1.17. The van der Waals surface area contributed by atoms with Gasteiger partial charge in [0.05, 0.1) is 16.2 Å². The van der Waals surface area contributed by atoms with Gasteiger partial charge in [-0.05, 0) is 11.5 Å². The molecule has 0 atom stereocenters. The van der Waals surface area contributed by atoms with E-state index in [4.69, 9.17) is 5.11 Å². The molecule has 0 unspecified atom stereocenters. The fourth-order valence-electron chi connectivity index (χ4n) is 1.94. The Labute approximate surface area is 111 Å². The number of nitro groups is 1. The summed E-state index contributed by atoms with van der Waals surface area (Å²) in [5.41, 5.74) is 0.200. The molecule has 0 aliphatic carbocycles. The minimum atomic E-state index is -1.17. The van der Waals surface area contributed by atoms with Crippen LogP contribution in [0.4, 0.5) is 11.4 Å². The predicted molar refractivity (Wildman–Crippen MR) is 72.8 cm³/mol. The second-order valence-corrected chi connectivity index (χ2v) is 5.68. The monoisotopic (exact) mass is 266 g/mol. The van der Waals surface area contributed by atoms with Gasteiger partial charge in [-0.3, -0.25) is 10.1 Å². The van der Waals surface area contributed by atoms with Crippen LogP contribution < -0.4 is 4.90 Å². The van der Waals surface area contributed by atoms with Crippen LogP contribution in [0, 0.1) is 15.5 Å². The molecule has 0 fully saturated rings. The fourth-order valence-corrected chi connectivity index (χ4v) is 1.94. The van der Waals surface area contributed by atoms with E-state index in [0.717, 1.165) is 6.07 Å². The van der Waals surface area contributed by atoms with Crippen LogP contribution in [0.3, 0.4) is 0 Å². The van der Waals surface area contributed by atoms with E-state index >= 15 is 0 Å². The molecule has 1 N–H and O–H groups in total. The standard InChI is InChI=1S/C13H18N2O4/c1-13(2,3)8-14(4)11-6-5-9(15(18)19)7-10(11)12(16)17/h5-7H,8H2,1-4H3,(H,16,17). The molecule has 1 aromatic carbocycles. The van der Waals surface area contributed by atoms with Gasteiger partial charge in [0.25, 0.3) is 5.69 Å². The highest BCUT2D eigenvalue weighted by Crippen LogP contribution is 2.27. The van der Waals surface area contributed by atoms with Crippen LogP contribution in [0.25, 0.3) is 0 Å². The lowest BCUT2D eigenvalue weighted by Crippen LogP contribution is -2.30. The lowest BCUT2D eigenvalue weighted by molar-refractivity contribution is -0.384. The second kappa shape index (κ2) is 5.26. The Kier molecular flexibility index (Phi) is 4.14. The Morgan fingerprint density at radius 3 is 2.42 bits per heavy atom. The van der Waals surface area contributed by atoms with Gasteiger partial charge >= 0.3 is 5.97 Å².